The quantitative estimate of drug-likeness (QED) is 0.842. The standard InChI is InChI=1S/C16H27N7O/c1-20(2)15-17-9-13(22(15)4)10-23-7-5-6-16(24,11-23)8-14-19-18-12-21(14)3/h9,12,24H,5-8,10-11H2,1-4H3. The summed E-state index contributed by atoms with van der Waals surface area (Å²) in [6.07, 6.45) is 5.91. The van der Waals surface area contributed by atoms with E-state index in [4.69, 9.17) is 0 Å². The molecule has 3 heterocycles. The third kappa shape index (κ3) is 3.44. The van der Waals surface area contributed by atoms with Crippen LogP contribution in [0.15, 0.2) is 12.5 Å². The van der Waals surface area contributed by atoms with Gasteiger partial charge in [0.25, 0.3) is 0 Å². The summed E-state index contributed by atoms with van der Waals surface area (Å²) in [6, 6.07) is 0. The fraction of sp³-hybridized carbons (Fsp3) is 0.688. The maximum atomic E-state index is 11.0. The largest absolute Gasteiger partial charge is 0.388 e. The number of likely N-dealkylation sites (tertiary alicyclic amines) is 1. The van der Waals surface area contributed by atoms with Crippen molar-refractivity contribution in [2.75, 3.05) is 32.1 Å². The Balaban J connectivity index is 1.68. The van der Waals surface area contributed by atoms with Crippen LogP contribution in [0.2, 0.25) is 0 Å². The summed E-state index contributed by atoms with van der Waals surface area (Å²) in [5, 5.41) is 19.0. The number of piperidine rings is 1. The van der Waals surface area contributed by atoms with Gasteiger partial charge in [0, 0.05) is 47.7 Å². The van der Waals surface area contributed by atoms with E-state index in [1.807, 2.05) is 43.9 Å². The minimum Gasteiger partial charge on any atom is -0.388 e. The first-order chi connectivity index (χ1) is 11.4. The molecule has 1 N–H and O–H groups in total. The average Bonchev–Trinajstić information content (AvgIpc) is 3.06. The van der Waals surface area contributed by atoms with Crippen LogP contribution in [-0.4, -0.2) is 67.1 Å². The molecule has 0 aromatic carbocycles. The van der Waals surface area contributed by atoms with E-state index in [9.17, 15) is 5.11 Å². The molecule has 0 aliphatic carbocycles. The molecule has 3 rings (SSSR count). The zero-order chi connectivity index (χ0) is 17.3. The van der Waals surface area contributed by atoms with E-state index in [0.29, 0.717) is 13.0 Å². The molecule has 1 aliphatic heterocycles. The van der Waals surface area contributed by atoms with Crippen molar-refractivity contribution >= 4 is 5.95 Å². The lowest BCUT2D eigenvalue weighted by Crippen LogP contribution is -2.49. The Hall–Kier alpha value is -1.93. The normalized spacial score (nSPS) is 22.0. The second-order valence-corrected chi connectivity index (χ2v) is 7.08. The number of nitrogens with zero attached hydrogens (tertiary/aromatic N) is 7. The molecule has 8 nitrogen and oxygen atoms in total. The molecule has 2 aromatic rings. The van der Waals surface area contributed by atoms with E-state index in [0.717, 1.165) is 43.4 Å². The second-order valence-electron chi connectivity index (χ2n) is 7.08. The monoisotopic (exact) mass is 333 g/mol. The zero-order valence-electron chi connectivity index (χ0n) is 15.0. The number of hydrogen-bond acceptors (Lipinski definition) is 6. The van der Waals surface area contributed by atoms with Crippen molar-refractivity contribution in [2.24, 2.45) is 14.1 Å². The Kier molecular flexibility index (Phi) is 4.60. The van der Waals surface area contributed by atoms with E-state index in [-0.39, 0.29) is 0 Å². The topological polar surface area (TPSA) is 75.2 Å². The molecule has 1 unspecified atom stereocenters. The van der Waals surface area contributed by atoms with E-state index >= 15 is 0 Å². The molecular weight excluding hydrogens is 306 g/mol. The van der Waals surface area contributed by atoms with Gasteiger partial charge in [0.05, 0.1) is 17.5 Å². The highest BCUT2D eigenvalue weighted by atomic mass is 16.3. The molecule has 2 aromatic heterocycles. The fourth-order valence-corrected chi connectivity index (χ4v) is 3.47. The molecule has 8 heteroatoms. The van der Waals surface area contributed by atoms with E-state index in [2.05, 4.69) is 24.6 Å². The lowest BCUT2D eigenvalue weighted by molar-refractivity contribution is -0.0349. The van der Waals surface area contributed by atoms with Gasteiger partial charge in [-0.3, -0.25) is 4.90 Å². The maximum absolute atomic E-state index is 11.0. The van der Waals surface area contributed by atoms with Gasteiger partial charge in [-0.1, -0.05) is 0 Å². The molecular formula is C16H27N7O. The van der Waals surface area contributed by atoms with Gasteiger partial charge in [-0.25, -0.2) is 4.98 Å². The number of β-amino-alcohol motifs (C(OH)–C–C–N with tert-alkyl or cyclic N) is 1. The highest BCUT2D eigenvalue weighted by Crippen LogP contribution is 2.26. The van der Waals surface area contributed by atoms with Crippen LogP contribution in [0.25, 0.3) is 0 Å². The van der Waals surface area contributed by atoms with Gasteiger partial charge in [0.1, 0.15) is 12.2 Å². The third-order valence-electron chi connectivity index (χ3n) is 4.77. The molecule has 1 atom stereocenters. The lowest BCUT2D eigenvalue weighted by Gasteiger charge is -2.39. The number of anilines is 1. The van der Waals surface area contributed by atoms with Crippen LogP contribution in [-0.2, 0) is 27.1 Å². The van der Waals surface area contributed by atoms with E-state index in [1.165, 1.54) is 0 Å². The predicted octanol–water partition coefficient (Wildman–Crippen LogP) is 0.184. The molecule has 0 spiro atoms. The number of aliphatic hydroxyl groups is 1. The molecule has 0 bridgehead atoms. The Bertz CT molecular complexity index is 692. The van der Waals surface area contributed by atoms with Crippen molar-refractivity contribution in [2.45, 2.75) is 31.4 Å². The summed E-state index contributed by atoms with van der Waals surface area (Å²) in [4.78, 5) is 8.77. The summed E-state index contributed by atoms with van der Waals surface area (Å²) in [5.74, 6) is 1.77. The molecule has 132 valence electrons. The highest BCUT2D eigenvalue weighted by molar-refractivity contribution is 5.31. The summed E-state index contributed by atoms with van der Waals surface area (Å²) in [5.41, 5.74) is 0.406. The summed E-state index contributed by atoms with van der Waals surface area (Å²) in [6.45, 7) is 2.42. The maximum Gasteiger partial charge on any atom is 0.204 e. The Labute approximate surface area is 142 Å². The SMILES string of the molecule is CN(C)c1ncc(CN2CCCC(O)(Cc3nncn3C)C2)n1C. The molecule has 24 heavy (non-hydrogen) atoms. The number of aromatic nitrogens is 5. The van der Waals surface area contributed by atoms with Crippen LogP contribution in [0, 0.1) is 0 Å². The van der Waals surface area contributed by atoms with Gasteiger partial charge in [-0.05, 0) is 19.4 Å². The summed E-state index contributed by atoms with van der Waals surface area (Å²) >= 11 is 0. The van der Waals surface area contributed by atoms with Gasteiger partial charge in [-0.15, -0.1) is 10.2 Å². The molecule has 0 saturated carbocycles. The first kappa shape index (κ1) is 16.9. The second kappa shape index (κ2) is 6.52. The minimum atomic E-state index is -0.748. The van der Waals surface area contributed by atoms with Gasteiger partial charge in [-0.2, -0.15) is 0 Å². The molecule has 0 radical (unpaired) electrons. The van der Waals surface area contributed by atoms with Crippen LogP contribution in [0.1, 0.15) is 24.4 Å². The van der Waals surface area contributed by atoms with Crippen LogP contribution in [0.3, 0.4) is 0 Å². The van der Waals surface area contributed by atoms with Crippen molar-refractivity contribution in [1.82, 2.24) is 29.2 Å². The van der Waals surface area contributed by atoms with Gasteiger partial charge in [0.2, 0.25) is 5.95 Å². The molecule has 0 amide bonds. The Morgan fingerprint density at radius 3 is 2.75 bits per heavy atom. The number of imidazole rings is 1. The average molecular weight is 333 g/mol. The molecule has 1 aliphatic rings. The molecule has 1 saturated heterocycles. The molecule has 1 fully saturated rings. The van der Waals surface area contributed by atoms with E-state index in [1.54, 1.807) is 6.33 Å². The smallest absolute Gasteiger partial charge is 0.204 e. The number of rotatable bonds is 5. The number of aryl methyl sites for hydroxylation is 1. The van der Waals surface area contributed by atoms with Crippen molar-refractivity contribution in [3.8, 4) is 0 Å². The van der Waals surface area contributed by atoms with E-state index < -0.39 is 5.60 Å². The van der Waals surface area contributed by atoms with Crippen LogP contribution in [0.5, 0.6) is 0 Å². The Morgan fingerprint density at radius 2 is 2.12 bits per heavy atom. The van der Waals surface area contributed by atoms with Crippen molar-refractivity contribution in [3.05, 3.63) is 24.0 Å². The zero-order valence-corrected chi connectivity index (χ0v) is 15.0. The number of hydrogen-bond donors (Lipinski definition) is 1. The summed E-state index contributed by atoms with van der Waals surface area (Å²) < 4.78 is 3.98. The van der Waals surface area contributed by atoms with Crippen LogP contribution < -0.4 is 4.90 Å². The van der Waals surface area contributed by atoms with Gasteiger partial charge in [0.15, 0.2) is 0 Å². The van der Waals surface area contributed by atoms with Crippen LogP contribution in [0.4, 0.5) is 5.95 Å². The van der Waals surface area contributed by atoms with Gasteiger partial charge < -0.3 is 19.1 Å². The minimum absolute atomic E-state index is 0.536. The van der Waals surface area contributed by atoms with Crippen molar-refractivity contribution < 1.29 is 5.11 Å². The lowest BCUT2D eigenvalue weighted by atomic mass is 9.89. The van der Waals surface area contributed by atoms with Gasteiger partial charge >= 0.3 is 0 Å². The van der Waals surface area contributed by atoms with Crippen LogP contribution >= 0.6 is 0 Å². The fourth-order valence-electron chi connectivity index (χ4n) is 3.47. The summed E-state index contributed by atoms with van der Waals surface area (Å²) in [7, 11) is 7.93. The Morgan fingerprint density at radius 1 is 1.33 bits per heavy atom. The highest BCUT2D eigenvalue weighted by Gasteiger charge is 2.35. The van der Waals surface area contributed by atoms with Crippen molar-refractivity contribution in [3.63, 3.8) is 0 Å². The first-order valence-corrected chi connectivity index (χ1v) is 8.33. The van der Waals surface area contributed by atoms with Crippen molar-refractivity contribution in [1.29, 1.82) is 0 Å². The predicted molar refractivity (Wildman–Crippen MR) is 91.7 cm³/mol. The third-order valence-corrected chi connectivity index (χ3v) is 4.77. The first-order valence-electron chi connectivity index (χ1n) is 8.33.